The number of carboxylic acids is 1. The van der Waals surface area contributed by atoms with E-state index in [-0.39, 0.29) is 6.10 Å². The molecule has 0 aromatic carbocycles. The van der Waals surface area contributed by atoms with Crippen LogP contribution < -0.4 is 0 Å². The third-order valence-corrected chi connectivity index (χ3v) is 9.65. The highest BCUT2D eigenvalue weighted by atomic mass is 16.4. The fraction of sp³-hybridized carbons (Fsp3) is 0.875. The van der Waals surface area contributed by atoms with Crippen LogP contribution in [0, 0.1) is 40.4 Å². The van der Waals surface area contributed by atoms with Gasteiger partial charge in [0.15, 0.2) is 0 Å². The van der Waals surface area contributed by atoms with Crippen LogP contribution in [-0.4, -0.2) is 22.3 Å². The van der Waals surface area contributed by atoms with E-state index in [0.29, 0.717) is 29.1 Å². The SMILES string of the molecule is C[C@H](CCC(=O)O)[C@H]1CC[C@@H]2[C@@H]3CC=C4C[C@H](O)CC[C@]4(C)[C@@H]3CC[C@@]21C. The van der Waals surface area contributed by atoms with Crippen molar-refractivity contribution in [2.24, 2.45) is 40.4 Å². The summed E-state index contributed by atoms with van der Waals surface area (Å²) in [4.78, 5) is 11.0. The summed E-state index contributed by atoms with van der Waals surface area (Å²) in [5, 5.41) is 19.2. The Kier molecular flexibility index (Phi) is 4.98. The molecule has 0 amide bonds. The quantitative estimate of drug-likeness (QED) is 0.645. The van der Waals surface area contributed by atoms with Crippen LogP contribution in [-0.2, 0) is 4.79 Å². The molecular weight excluding hydrogens is 336 g/mol. The van der Waals surface area contributed by atoms with Crippen LogP contribution in [0.4, 0.5) is 0 Å². The number of carbonyl (C=O) groups is 1. The van der Waals surface area contributed by atoms with E-state index in [4.69, 9.17) is 5.11 Å². The van der Waals surface area contributed by atoms with E-state index in [1.54, 1.807) is 5.57 Å². The van der Waals surface area contributed by atoms with E-state index in [0.717, 1.165) is 43.4 Å². The number of hydrogen-bond donors (Lipinski definition) is 2. The zero-order chi connectivity index (χ0) is 19.4. The van der Waals surface area contributed by atoms with Gasteiger partial charge in [-0.2, -0.15) is 0 Å². The number of fused-ring (bicyclic) bond motifs is 5. The van der Waals surface area contributed by atoms with Crippen LogP contribution >= 0.6 is 0 Å². The molecule has 27 heavy (non-hydrogen) atoms. The first kappa shape index (κ1) is 19.5. The number of allylic oxidation sites excluding steroid dienone is 1. The fourth-order valence-electron chi connectivity index (χ4n) is 8.17. The highest BCUT2D eigenvalue weighted by Gasteiger charge is 2.59. The highest BCUT2D eigenvalue weighted by Crippen LogP contribution is 2.67. The second kappa shape index (κ2) is 6.90. The zero-order valence-corrected chi connectivity index (χ0v) is 17.4. The lowest BCUT2D eigenvalue weighted by Gasteiger charge is -2.58. The summed E-state index contributed by atoms with van der Waals surface area (Å²) in [6.45, 7) is 7.33. The summed E-state index contributed by atoms with van der Waals surface area (Å²) in [6.07, 6.45) is 13.0. The smallest absolute Gasteiger partial charge is 0.303 e. The van der Waals surface area contributed by atoms with Crippen molar-refractivity contribution in [3.63, 3.8) is 0 Å². The molecule has 0 saturated heterocycles. The Morgan fingerprint density at radius 3 is 2.70 bits per heavy atom. The Labute approximate surface area is 164 Å². The summed E-state index contributed by atoms with van der Waals surface area (Å²) in [5.74, 6) is 2.94. The molecule has 3 heteroatoms. The average Bonchev–Trinajstić information content (AvgIpc) is 2.97. The third-order valence-electron chi connectivity index (χ3n) is 9.65. The van der Waals surface area contributed by atoms with Crippen LogP contribution in [0.3, 0.4) is 0 Å². The molecule has 3 nitrogen and oxygen atoms in total. The monoisotopic (exact) mass is 374 g/mol. The lowest BCUT2D eigenvalue weighted by molar-refractivity contribution is -0.137. The van der Waals surface area contributed by atoms with Gasteiger partial charge in [0, 0.05) is 6.42 Å². The van der Waals surface area contributed by atoms with E-state index in [2.05, 4.69) is 26.8 Å². The van der Waals surface area contributed by atoms with Crippen LogP contribution in [0.2, 0.25) is 0 Å². The summed E-state index contributed by atoms with van der Waals surface area (Å²) in [5.41, 5.74) is 2.27. The average molecular weight is 375 g/mol. The van der Waals surface area contributed by atoms with Gasteiger partial charge >= 0.3 is 5.97 Å². The van der Waals surface area contributed by atoms with Gasteiger partial charge in [0.25, 0.3) is 0 Å². The van der Waals surface area contributed by atoms with Crippen molar-refractivity contribution in [2.45, 2.75) is 91.1 Å². The maximum Gasteiger partial charge on any atom is 0.303 e. The molecular formula is C24H38O3. The molecule has 4 rings (SSSR count). The van der Waals surface area contributed by atoms with Crippen molar-refractivity contribution in [3.8, 4) is 0 Å². The van der Waals surface area contributed by atoms with Crippen LogP contribution in [0.1, 0.15) is 85.0 Å². The Bertz CT molecular complexity index is 625. The normalized spacial score (nSPS) is 47.4. The van der Waals surface area contributed by atoms with Gasteiger partial charge in [0.05, 0.1) is 6.10 Å². The van der Waals surface area contributed by atoms with Crippen molar-refractivity contribution in [3.05, 3.63) is 11.6 Å². The van der Waals surface area contributed by atoms with Crippen molar-refractivity contribution >= 4 is 5.97 Å². The number of aliphatic hydroxyl groups is 1. The molecule has 0 radical (unpaired) electrons. The number of aliphatic carboxylic acids is 1. The van der Waals surface area contributed by atoms with Crippen LogP contribution in [0.5, 0.6) is 0 Å². The number of aliphatic hydroxyl groups excluding tert-OH is 1. The van der Waals surface area contributed by atoms with Crippen molar-refractivity contribution in [1.29, 1.82) is 0 Å². The maximum absolute atomic E-state index is 11.0. The van der Waals surface area contributed by atoms with E-state index in [1.807, 2.05) is 0 Å². The largest absolute Gasteiger partial charge is 0.481 e. The van der Waals surface area contributed by atoms with Crippen LogP contribution in [0.15, 0.2) is 11.6 Å². The Morgan fingerprint density at radius 1 is 1.19 bits per heavy atom. The minimum Gasteiger partial charge on any atom is -0.481 e. The number of carboxylic acid groups (broad SMARTS) is 1. The molecule has 0 bridgehead atoms. The Balaban J connectivity index is 1.54. The van der Waals surface area contributed by atoms with Crippen molar-refractivity contribution in [2.75, 3.05) is 0 Å². The van der Waals surface area contributed by atoms with E-state index >= 15 is 0 Å². The molecule has 4 aliphatic carbocycles. The molecule has 2 N–H and O–H groups in total. The molecule has 3 fully saturated rings. The topological polar surface area (TPSA) is 57.5 Å². The Morgan fingerprint density at radius 2 is 1.96 bits per heavy atom. The highest BCUT2D eigenvalue weighted by molar-refractivity contribution is 5.66. The predicted octanol–water partition coefficient (Wildman–Crippen LogP) is 5.43. The maximum atomic E-state index is 11.0. The number of rotatable bonds is 4. The van der Waals surface area contributed by atoms with Gasteiger partial charge in [-0.05, 0) is 98.2 Å². The standard InChI is InChI=1S/C24H38O3/c1-15(4-9-22(26)27)19-7-8-20-18-6-5-16-14-17(25)10-12-23(16,2)21(18)11-13-24(19,20)3/h5,15,17-21,25H,4,6-14H2,1-3H3,(H,26,27)/t15-,17-,18+,19-,20-,21-,23+,24-/m1/s1. The molecule has 152 valence electrons. The molecule has 4 aliphatic rings. The molecule has 3 saturated carbocycles. The molecule has 0 aromatic rings. The van der Waals surface area contributed by atoms with Crippen LogP contribution in [0.25, 0.3) is 0 Å². The second-order valence-corrected chi connectivity index (χ2v) is 10.8. The van der Waals surface area contributed by atoms with Gasteiger partial charge in [-0.1, -0.05) is 32.4 Å². The lowest BCUT2D eigenvalue weighted by Crippen LogP contribution is -2.50. The lowest BCUT2D eigenvalue weighted by atomic mass is 9.47. The molecule has 0 aliphatic heterocycles. The van der Waals surface area contributed by atoms with Gasteiger partial charge in [0.2, 0.25) is 0 Å². The van der Waals surface area contributed by atoms with Crippen molar-refractivity contribution in [1.82, 2.24) is 0 Å². The fourth-order valence-corrected chi connectivity index (χ4v) is 8.17. The second-order valence-electron chi connectivity index (χ2n) is 10.8. The third kappa shape index (κ3) is 3.09. The molecule has 0 unspecified atom stereocenters. The van der Waals surface area contributed by atoms with Gasteiger partial charge in [-0.25, -0.2) is 0 Å². The minimum absolute atomic E-state index is 0.124. The summed E-state index contributed by atoms with van der Waals surface area (Å²) in [6, 6.07) is 0. The first-order valence-corrected chi connectivity index (χ1v) is 11.3. The zero-order valence-electron chi connectivity index (χ0n) is 17.4. The van der Waals surface area contributed by atoms with E-state index in [1.165, 1.54) is 32.1 Å². The first-order valence-electron chi connectivity index (χ1n) is 11.3. The van der Waals surface area contributed by atoms with Crippen molar-refractivity contribution < 1.29 is 15.0 Å². The predicted molar refractivity (Wildman–Crippen MR) is 107 cm³/mol. The Hall–Kier alpha value is -0.830. The molecule has 8 atom stereocenters. The first-order chi connectivity index (χ1) is 12.8. The van der Waals surface area contributed by atoms with Gasteiger partial charge < -0.3 is 10.2 Å². The molecule has 0 heterocycles. The number of hydrogen-bond acceptors (Lipinski definition) is 2. The molecule has 0 spiro atoms. The van der Waals surface area contributed by atoms with Gasteiger partial charge in [-0.3, -0.25) is 4.79 Å². The summed E-state index contributed by atoms with van der Waals surface area (Å²) < 4.78 is 0. The summed E-state index contributed by atoms with van der Waals surface area (Å²) in [7, 11) is 0. The van der Waals surface area contributed by atoms with Gasteiger partial charge in [-0.15, -0.1) is 0 Å². The van der Waals surface area contributed by atoms with E-state index in [9.17, 15) is 9.90 Å². The van der Waals surface area contributed by atoms with E-state index < -0.39 is 5.97 Å². The minimum atomic E-state index is -0.650. The molecule has 0 aromatic heterocycles. The van der Waals surface area contributed by atoms with Gasteiger partial charge in [0.1, 0.15) is 0 Å². The summed E-state index contributed by atoms with van der Waals surface area (Å²) >= 11 is 0.